The predicted octanol–water partition coefficient (Wildman–Crippen LogP) is 4.33. The van der Waals surface area contributed by atoms with E-state index in [0.29, 0.717) is 11.3 Å². The molecule has 0 radical (unpaired) electrons. The number of hydrogen-bond acceptors (Lipinski definition) is 9. The fourth-order valence-corrected chi connectivity index (χ4v) is 3.24. The molecule has 10 nitrogen and oxygen atoms in total. The molecular weight excluding hydrogens is 522 g/mol. The van der Waals surface area contributed by atoms with Crippen molar-refractivity contribution in [3.05, 3.63) is 102 Å². The number of carbonyl (C=O) groups is 1. The summed E-state index contributed by atoms with van der Waals surface area (Å²) in [6.07, 6.45) is -1.15. The van der Waals surface area contributed by atoms with Gasteiger partial charge < -0.3 is 26.0 Å². The van der Waals surface area contributed by atoms with Crippen LogP contribution in [0.15, 0.2) is 82.6 Å². The van der Waals surface area contributed by atoms with Gasteiger partial charge in [0.25, 0.3) is 5.91 Å². The molecule has 200 valence electrons. The second-order valence-electron chi connectivity index (χ2n) is 7.77. The number of nitrogen functional groups attached to an aromatic ring is 1. The number of nitrogens with two attached hydrogens (primary N) is 2. The van der Waals surface area contributed by atoms with Crippen LogP contribution in [0.3, 0.4) is 0 Å². The van der Waals surface area contributed by atoms with Gasteiger partial charge in [0.2, 0.25) is 0 Å². The topological polar surface area (TPSA) is 155 Å². The Balaban J connectivity index is 1.56. The zero-order valence-corrected chi connectivity index (χ0v) is 19.8. The van der Waals surface area contributed by atoms with Crippen LogP contribution in [0, 0.1) is 5.82 Å². The molecule has 0 spiro atoms. The lowest BCUT2D eigenvalue weighted by Gasteiger charge is -2.13. The molecule has 0 bridgehead atoms. The van der Waals surface area contributed by atoms with Crippen molar-refractivity contribution in [3.63, 3.8) is 0 Å². The first-order valence-corrected chi connectivity index (χ1v) is 11.1. The number of para-hydroxylation sites is 1. The molecular formula is C25H19F4N7O3. The van der Waals surface area contributed by atoms with Gasteiger partial charge in [-0.1, -0.05) is 35.5 Å². The van der Waals surface area contributed by atoms with E-state index >= 15 is 0 Å². The highest BCUT2D eigenvalue weighted by Gasteiger charge is 2.33. The van der Waals surface area contributed by atoms with Gasteiger partial charge in [-0.05, 0) is 24.3 Å². The van der Waals surface area contributed by atoms with Gasteiger partial charge in [0.05, 0.1) is 29.7 Å². The third kappa shape index (κ3) is 6.94. The van der Waals surface area contributed by atoms with Crippen molar-refractivity contribution in [1.82, 2.24) is 15.1 Å². The second kappa shape index (κ2) is 11.4. The fraction of sp³-hybridized carbons (Fsp3) is 0.0800. The predicted molar refractivity (Wildman–Crippen MR) is 133 cm³/mol. The Kier molecular flexibility index (Phi) is 7.84. The first-order chi connectivity index (χ1) is 18.6. The maximum Gasteiger partial charge on any atom is 0.573 e. The van der Waals surface area contributed by atoms with Gasteiger partial charge in [0, 0.05) is 11.6 Å². The van der Waals surface area contributed by atoms with Crippen LogP contribution in [0.1, 0.15) is 27.4 Å². The number of anilines is 2. The number of carbonyl (C=O) groups excluding carboxylic acids is 1. The molecule has 2 aromatic heterocycles. The number of hydrogen-bond donors (Lipinski definition) is 3. The molecule has 0 unspecified atom stereocenters. The monoisotopic (exact) mass is 541 g/mol. The highest BCUT2D eigenvalue weighted by molar-refractivity contribution is 6.10. The van der Waals surface area contributed by atoms with Crippen molar-refractivity contribution >= 4 is 28.8 Å². The molecule has 4 rings (SSSR count). The number of nitrogens with one attached hydrogen (secondary N) is 1. The summed E-state index contributed by atoms with van der Waals surface area (Å²) in [5.74, 6) is -2.33. The van der Waals surface area contributed by atoms with Gasteiger partial charge in [0.1, 0.15) is 29.2 Å². The van der Waals surface area contributed by atoms with Crippen LogP contribution >= 0.6 is 0 Å². The molecule has 1 amide bonds. The Hall–Kier alpha value is -5.27. The molecule has 0 saturated heterocycles. The minimum Gasteiger partial charge on any atom is -0.405 e. The molecule has 4 aromatic rings. The van der Waals surface area contributed by atoms with Gasteiger partial charge in [-0.25, -0.2) is 14.4 Å². The van der Waals surface area contributed by atoms with E-state index < -0.39 is 23.8 Å². The quantitative estimate of drug-likeness (QED) is 0.220. The number of halogens is 4. The lowest BCUT2D eigenvalue weighted by atomic mass is 10.2. The maximum absolute atomic E-state index is 14.0. The molecule has 14 heteroatoms. The summed E-state index contributed by atoms with van der Waals surface area (Å²) in [6.45, 7) is -0.0217. The van der Waals surface area contributed by atoms with Crippen molar-refractivity contribution in [1.29, 1.82) is 0 Å². The molecule has 2 heterocycles. The van der Waals surface area contributed by atoms with E-state index in [1.165, 1.54) is 36.6 Å². The highest BCUT2D eigenvalue weighted by Crippen LogP contribution is 2.27. The summed E-state index contributed by atoms with van der Waals surface area (Å²) in [6, 6.07) is 12.4. The maximum atomic E-state index is 14.0. The highest BCUT2D eigenvalue weighted by atomic mass is 19.4. The molecule has 0 aliphatic heterocycles. The van der Waals surface area contributed by atoms with Gasteiger partial charge in [0.15, 0.2) is 11.6 Å². The van der Waals surface area contributed by atoms with Crippen molar-refractivity contribution < 1.29 is 31.6 Å². The average Bonchev–Trinajstić information content (AvgIpc) is 3.43. The summed E-state index contributed by atoms with van der Waals surface area (Å²) in [4.78, 5) is 25.1. The van der Waals surface area contributed by atoms with E-state index in [0.717, 1.165) is 18.3 Å². The van der Waals surface area contributed by atoms with E-state index in [2.05, 4.69) is 30.2 Å². The summed E-state index contributed by atoms with van der Waals surface area (Å²) in [5, 5.41) is 6.17. The van der Waals surface area contributed by atoms with Gasteiger partial charge in [-0.15, -0.1) is 13.2 Å². The lowest BCUT2D eigenvalue weighted by molar-refractivity contribution is -0.274. The smallest absolute Gasteiger partial charge is 0.405 e. The standard InChI is InChI=1S/C25H19F4N7O3/c26-16-7-3-1-5-14(16)12-32-19(18-9-10-38-36-18)11-17(30)23-33-13-20(22(31)35-23)34-24(37)15-6-2-4-8-21(15)39-25(27,28)29/h1-11,13H,12,30H2,(H,34,37)(H2,31,33,35). The van der Waals surface area contributed by atoms with E-state index in [1.54, 1.807) is 18.2 Å². The molecule has 0 aliphatic carbocycles. The van der Waals surface area contributed by atoms with Gasteiger partial charge >= 0.3 is 6.36 Å². The van der Waals surface area contributed by atoms with Crippen LogP contribution in [-0.2, 0) is 6.54 Å². The number of aliphatic imine (C=N–C) groups is 1. The van der Waals surface area contributed by atoms with Gasteiger partial charge in [-0.3, -0.25) is 9.79 Å². The SMILES string of the molecule is NC(=CC(=NCc1ccccc1F)c1ccon1)c1ncc(NC(=O)c2ccccc2OC(F)(F)F)c(N)n1. The van der Waals surface area contributed by atoms with E-state index in [4.69, 9.17) is 16.0 Å². The first kappa shape index (κ1) is 26.8. The number of benzene rings is 2. The molecule has 5 N–H and O–H groups in total. The Bertz CT molecular complexity index is 1540. The number of aromatic nitrogens is 3. The molecule has 0 atom stereocenters. The third-order valence-corrected chi connectivity index (χ3v) is 5.05. The molecule has 39 heavy (non-hydrogen) atoms. The normalized spacial score (nSPS) is 12.3. The van der Waals surface area contributed by atoms with E-state index in [-0.39, 0.29) is 40.8 Å². The van der Waals surface area contributed by atoms with Crippen LogP contribution in [0.25, 0.3) is 5.70 Å². The average molecular weight is 541 g/mol. The second-order valence-corrected chi connectivity index (χ2v) is 7.77. The van der Waals surface area contributed by atoms with Crippen LogP contribution in [0.4, 0.5) is 29.1 Å². The van der Waals surface area contributed by atoms with Crippen LogP contribution in [-0.4, -0.2) is 33.1 Å². The zero-order valence-electron chi connectivity index (χ0n) is 19.8. The summed E-state index contributed by atoms with van der Waals surface area (Å²) < 4.78 is 60.8. The van der Waals surface area contributed by atoms with Crippen LogP contribution in [0.5, 0.6) is 5.75 Å². The Morgan fingerprint density at radius 1 is 1.13 bits per heavy atom. The minimum atomic E-state index is -4.99. The number of nitrogens with zero attached hydrogens (tertiary/aromatic N) is 4. The number of ether oxygens (including phenoxy) is 1. The Morgan fingerprint density at radius 3 is 2.56 bits per heavy atom. The third-order valence-electron chi connectivity index (χ3n) is 5.05. The summed E-state index contributed by atoms with van der Waals surface area (Å²) in [7, 11) is 0. The van der Waals surface area contributed by atoms with Crippen LogP contribution < -0.4 is 21.5 Å². The number of rotatable bonds is 8. The largest absolute Gasteiger partial charge is 0.573 e. The Morgan fingerprint density at radius 2 is 1.87 bits per heavy atom. The first-order valence-electron chi connectivity index (χ1n) is 11.1. The molecule has 2 aromatic carbocycles. The van der Waals surface area contributed by atoms with E-state index in [9.17, 15) is 22.4 Å². The van der Waals surface area contributed by atoms with Crippen molar-refractivity contribution in [2.24, 2.45) is 10.7 Å². The minimum absolute atomic E-state index is 0.00113. The molecule has 0 fully saturated rings. The van der Waals surface area contributed by atoms with Crippen LogP contribution in [0.2, 0.25) is 0 Å². The zero-order chi connectivity index (χ0) is 28.0. The Labute approximate surface area is 218 Å². The van der Waals surface area contributed by atoms with Crippen molar-refractivity contribution in [3.8, 4) is 5.75 Å². The molecule has 0 aliphatic rings. The van der Waals surface area contributed by atoms with E-state index in [1.807, 2.05) is 0 Å². The summed E-state index contributed by atoms with van der Waals surface area (Å²) >= 11 is 0. The number of allylic oxidation sites excluding steroid dienone is 1. The van der Waals surface area contributed by atoms with Gasteiger partial charge in [-0.2, -0.15) is 0 Å². The number of amides is 1. The summed E-state index contributed by atoms with van der Waals surface area (Å²) in [5.41, 5.74) is 12.5. The van der Waals surface area contributed by atoms with Crippen molar-refractivity contribution in [2.45, 2.75) is 12.9 Å². The van der Waals surface area contributed by atoms with Crippen molar-refractivity contribution in [2.75, 3.05) is 11.1 Å². The fourth-order valence-electron chi connectivity index (χ4n) is 3.24. The lowest BCUT2D eigenvalue weighted by Crippen LogP contribution is -2.21. The molecule has 0 saturated carbocycles. The number of alkyl halides is 3.